The van der Waals surface area contributed by atoms with E-state index >= 15 is 0 Å². The average molecular weight is 331 g/mol. The number of anilines is 1. The van der Waals surface area contributed by atoms with Crippen molar-refractivity contribution >= 4 is 33.0 Å². The quantitative estimate of drug-likeness (QED) is 0.688. The van der Waals surface area contributed by atoms with Crippen molar-refractivity contribution in [2.45, 2.75) is 4.90 Å². The first-order valence-electron chi connectivity index (χ1n) is 5.52. The number of nitro benzene ring substituents is 1. The van der Waals surface area contributed by atoms with Crippen LogP contribution in [0.15, 0.2) is 47.4 Å². The molecular formula is C12H8ClFN2O4S. The smallest absolute Gasteiger partial charge is 0.273 e. The third-order valence-electron chi connectivity index (χ3n) is 2.55. The monoisotopic (exact) mass is 330 g/mol. The summed E-state index contributed by atoms with van der Waals surface area (Å²) in [7, 11) is -4.11. The van der Waals surface area contributed by atoms with Crippen LogP contribution in [0.4, 0.5) is 15.8 Å². The summed E-state index contributed by atoms with van der Waals surface area (Å²) in [5.41, 5.74) is -0.586. The van der Waals surface area contributed by atoms with Gasteiger partial charge in [-0.25, -0.2) is 12.8 Å². The summed E-state index contributed by atoms with van der Waals surface area (Å²) in [6.45, 7) is 0. The van der Waals surface area contributed by atoms with Gasteiger partial charge in [0.15, 0.2) is 0 Å². The van der Waals surface area contributed by atoms with Crippen LogP contribution in [0.2, 0.25) is 5.02 Å². The highest BCUT2D eigenvalue weighted by atomic mass is 35.5. The Morgan fingerprint density at radius 3 is 2.48 bits per heavy atom. The minimum atomic E-state index is -4.11. The topological polar surface area (TPSA) is 89.3 Å². The van der Waals surface area contributed by atoms with E-state index in [4.69, 9.17) is 11.6 Å². The second-order valence-electron chi connectivity index (χ2n) is 3.96. The summed E-state index contributed by atoms with van der Waals surface area (Å²) in [6, 6.07) is 8.10. The van der Waals surface area contributed by atoms with Gasteiger partial charge in [-0.3, -0.25) is 14.8 Å². The van der Waals surface area contributed by atoms with Gasteiger partial charge in [0.2, 0.25) is 0 Å². The fourth-order valence-electron chi connectivity index (χ4n) is 1.57. The number of benzene rings is 2. The average Bonchev–Trinajstić information content (AvgIpc) is 2.41. The van der Waals surface area contributed by atoms with E-state index in [1.165, 1.54) is 18.2 Å². The van der Waals surface area contributed by atoms with Gasteiger partial charge in [-0.1, -0.05) is 23.7 Å². The lowest BCUT2D eigenvalue weighted by Gasteiger charge is -2.08. The third-order valence-corrected chi connectivity index (χ3v) is 4.20. The van der Waals surface area contributed by atoms with Crippen molar-refractivity contribution in [2.24, 2.45) is 0 Å². The van der Waals surface area contributed by atoms with Crippen molar-refractivity contribution in [3.8, 4) is 0 Å². The predicted molar refractivity (Wildman–Crippen MR) is 75.3 cm³/mol. The number of para-hydroxylation sites is 2. The Hall–Kier alpha value is -2.19. The normalized spacial score (nSPS) is 11.1. The Balaban J connectivity index is 2.42. The second-order valence-corrected chi connectivity index (χ2v) is 6.05. The molecule has 0 bridgehead atoms. The summed E-state index contributed by atoms with van der Waals surface area (Å²) in [4.78, 5) is 9.83. The first kappa shape index (κ1) is 15.2. The molecule has 0 aromatic heterocycles. The van der Waals surface area contributed by atoms with Crippen molar-refractivity contribution in [1.29, 1.82) is 0 Å². The van der Waals surface area contributed by atoms with Crippen LogP contribution in [0.25, 0.3) is 0 Å². The highest BCUT2D eigenvalue weighted by Crippen LogP contribution is 2.27. The Kier molecular flexibility index (Phi) is 4.10. The van der Waals surface area contributed by atoms with Crippen LogP contribution in [0.5, 0.6) is 0 Å². The Morgan fingerprint density at radius 2 is 1.86 bits per heavy atom. The molecule has 21 heavy (non-hydrogen) atoms. The highest BCUT2D eigenvalue weighted by Gasteiger charge is 2.21. The van der Waals surface area contributed by atoms with Crippen molar-refractivity contribution in [3.05, 3.63) is 63.4 Å². The van der Waals surface area contributed by atoms with Crippen molar-refractivity contribution in [2.75, 3.05) is 4.72 Å². The molecule has 0 aliphatic rings. The second kappa shape index (κ2) is 5.66. The van der Waals surface area contributed by atoms with Gasteiger partial charge in [-0.15, -0.1) is 0 Å². The molecule has 2 aromatic carbocycles. The Labute approximate surface area is 124 Å². The molecule has 0 unspecified atom stereocenters. The lowest BCUT2D eigenvalue weighted by atomic mass is 10.3. The zero-order chi connectivity index (χ0) is 15.6. The van der Waals surface area contributed by atoms with Crippen LogP contribution in [0.3, 0.4) is 0 Å². The number of nitro groups is 1. The van der Waals surface area contributed by atoms with Crippen molar-refractivity contribution in [1.82, 2.24) is 0 Å². The van der Waals surface area contributed by atoms with Crippen molar-refractivity contribution in [3.63, 3.8) is 0 Å². The largest absolute Gasteiger partial charge is 0.293 e. The first-order chi connectivity index (χ1) is 9.81. The lowest BCUT2D eigenvalue weighted by molar-refractivity contribution is -0.383. The van der Waals surface area contributed by atoms with E-state index < -0.39 is 26.5 Å². The molecule has 9 heteroatoms. The molecule has 6 nitrogen and oxygen atoms in total. The van der Waals surface area contributed by atoms with Gasteiger partial charge >= 0.3 is 0 Å². The maximum Gasteiger partial charge on any atom is 0.293 e. The van der Waals surface area contributed by atoms with Gasteiger partial charge < -0.3 is 0 Å². The molecule has 0 radical (unpaired) electrons. The summed E-state index contributed by atoms with van der Waals surface area (Å²) in [5.74, 6) is -0.763. The Bertz CT molecular complexity index is 811. The lowest BCUT2D eigenvalue weighted by Crippen LogP contribution is -2.14. The standard InChI is InChI=1S/C12H8ClFN2O4S/c13-9-7-8(5-6-10(9)14)21(19,20)15-11-3-1-2-4-12(11)16(17)18/h1-7,15H. The maximum absolute atomic E-state index is 13.0. The SMILES string of the molecule is O=[N+]([O-])c1ccccc1NS(=O)(=O)c1ccc(F)c(Cl)c1. The molecule has 2 rings (SSSR count). The van der Waals surface area contributed by atoms with Gasteiger partial charge in [-0.05, 0) is 24.3 Å². The molecular weight excluding hydrogens is 323 g/mol. The van der Waals surface area contributed by atoms with Gasteiger partial charge in [0, 0.05) is 6.07 Å². The van der Waals surface area contributed by atoms with Crippen LogP contribution >= 0.6 is 11.6 Å². The number of hydrogen-bond donors (Lipinski definition) is 1. The summed E-state index contributed by atoms with van der Waals surface area (Å²) in [5, 5.41) is 10.5. The van der Waals surface area contributed by atoms with Gasteiger partial charge in [0.1, 0.15) is 11.5 Å². The predicted octanol–water partition coefficient (Wildman–Crippen LogP) is 3.19. The van der Waals surface area contributed by atoms with E-state index in [-0.39, 0.29) is 15.6 Å². The fraction of sp³-hybridized carbons (Fsp3) is 0. The van der Waals surface area contributed by atoms with E-state index in [1.807, 2.05) is 0 Å². The zero-order valence-corrected chi connectivity index (χ0v) is 11.9. The number of nitrogens with one attached hydrogen (secondary N) is 1. The minimum Gasteiger partial charge on any atom is -0.273 e. The van der Waals surface area contributed by atoms with Gasteiger partial charge in [-0.2, -0.15) is 0 Å². The van der Waals surface area contributed by atoms with Gasteiger partial charge in [0.05, 0.1) is 14.8 Å². The molecule has 0 saturated heterocycles. The molecule has 1 N–H and O–H groups in total. The molecule has 0 atom stereocenters. The van der Waals surface area contributed by atoms with E-state index in [0.717, 1.165) is 24.3 Å². The van der Waals surface area contributed by atoms with Crippen LogP contribution < -0.4 is 4.72 Å². The number of nitrogens with zero attached hydrogens (tertiary/aromatic N) is 1. The van der Waals surface area contributed by atoms with Crippen molar-refractivity contribution < 1.29 is 17.7 Å². The van der Waals surface area contributed by atoms with E-state index in [1.54, 1.807) is 0 Å². The highest BCUT2D eigenvalue weighted by molar-refractivity contribution is 7.92. The molecule has 110 valence electrons. The van der Waals surface area contributed by atoms with E-state index in [0.29, 0.717) is 0 Å². The maximum atomic E-state index is 13.0. The fourth-order valence-corrected chi connectivity index (χ4v) is 2.91. The summed E-state index contributed by atoms with van der Waals surface area (Å²) >= 11 is 5.53. The molecule has 0 amide bonds. The van der Waals surface area contributed by atoms with E-state index in [9.17, 15) is 22.9 Å². The molecule has 0 aliphatic carbocycles. The molecule has 0 saturated carbocycles. The van der Waals surface area contributed by atoms with Crippen LogP contribution in [-0.4, -0.2) is 13.3 Å². The number of rotatable bonds is 4. The van der Waals surface area contributed by atoms with Crippen LogP contribution in [0, 0.1) is 15.9 Å². The third kappa shape index (κ3) is 3.29. The zero-order valence-electron chi connectivity index (χ0n) is 10.3. The molecule has 2 aromatic rings. The van der Waals surface area contributed by atoms with Gasteiger partial charge in [0.25, 0.3) is 15.7 Å². The molecule has 0 heterocycles. The van der Waals surface area contributed by atoms with Crippen LogP contribution in [-0.2, 0) is 10.0 Å². The summed E-state index contributed by atoms with van der Waals surface area (Å²) < 4.78 is 39.4. The number of halogens is 2. The first-order valence-corrected chi connectivity index (χ1v) is 7.38. The van der Waals surface area contributed by atoms with Crippen LogP contribution in [0.1, 0.15) is 0 Å². The number of hydrogen-bond acceptors (Lipinski definition) is 4. The minimum absolute atomic E-state index is 0.192. The molecule has 0 aliphatic heterocycles. The molecule has 0 spiro atoms. The summed E-state index contributed by atoms with van der Waals surface area (Å²) in [6.07, 6.45) is 0. The molecule has 0 fully saturated rings. The number of sulfonamides is 1. The van der Waals surface area contributed by atoms with E-state index in [2.05, 4.69) is 4.72 Å². The Morgan fingerprint density at radius 1 is 1.19 bits per heavy atom.